The summed E-state index contributed by atoms with van der Waals surface area (Å²) in [7, 11) is 0. The summed E-state index contributed by atoms with van der Waals surface area (Å²) < 4.78 is 0. The van der Waals surface area contributed by atoms with Gasteiger partial charge in [-0.1, -0.05) is 6.07 Å². The maximum Gasteiger partial charge on any atom is 0.248 e. The highest BCUT2D eigenvalue weighted by atomic mass is 32.1. The fourth-order valence-corrected chi connectivity index (χ4v) is 2.27. The summed E-state index contributed by atoms with van der Waals surface area (Å²) in [5, 5.41) is 14.3. The molecule has 2 aromatic rings. The Kier molecular flexibility index (Phi) is 4.02. The van der Waals surface area contributed by atoms with E-state index in [1.807, 2.05) is 24.4 Å². The predicted octanol–water partition coefficient (Wildman–Crippen LogP) is 3.72. The number of nitrogens with one attached hydrogen (secondary N) is 1. The number of anilines is 1. The molecule has 98 valence electrons. The van der Waals surface area contributed by atoms with Gasteiger partial charge in [-0.25, -0.2) is 0 Å². The van der Waals surface area contributed by atoms with Gasteiger partial charge in [-0.2, -0.15) is 0 Å². The maximum absolute atomic E-state index is 11.8. The zero-order valence-corrected chi connectivity index (χ0v) is 11.6. The Morgan fingerprint density at radius 2 is 2.11 bits per heavy atom. The smallest absolute Gasteiger partial charge is 0.248 e. The number of hydrogen-bond donors (Lipinski definition) is 2. The van der Waals surface area contributed by atoms with Crippen LogP contribution in [0.25, 0.3) is 6.08 Å². The molecule has 3 nitrogen and oxygen atoms in total. The van der Waals surface area contributed by atoms with Crippen molar-refractivity contribution in [3.63, 3.8) is 0 Å². The fraction of sp³-hybridized carbons (Fsp3) is 0.133. The molecule has 0 fully saturated rings. The largest absolute Gasteiger partial charge is 0.508 e. The lowest BCUT2D eigenvalue weighted by atomic mass is 10.1. The molecule has 0 aliphatic rings. The summed E-state index contributed by atoms with van der Waals surface area (Å²) in [5.41, 5.74) is 2.29. The van der Waals surface area contributed by atoms with E-state index in [1.54, 1.807) is 36.5 Å². The highest BCUT2D eigenvalue weighted by molar-refractivity contribution is 7.10. The van der Waals surface area contributed by atoms with Crippen LogP contribution in [0.3, 0.4) is 0 Å². The molecule has 4 heteroatoms. The van der Waals surface area contributed by atoms with Crippen LogP contribution in [0.1, 0.15) is 16.0 Å². The molecule has 0 saturated carbocycles. The Morgan fingerprint density at radius 3 is 2.79 bits per heavy atom. The minimum atomic E-state index is -0.179. The number of rotatable bonds is 3. The van der Waals surface area contributed by atoms with Gasteiger partial charge in [-0.15, -0.1) is 11.3 Å². The second-order valence-electron chi connectivity index (χ2n) is 4.29. The standard InChI is InChI=1S/C15H15NO2S/c1-10-9-14(17)11(2)8-13(10)16-15(18)6-5-12-4-3-7-19-12/h3-9,17H,1-2H3,(H,16,18)/b6-5+. The van der Waals surface area contributed by atoms with E-state index in [4.69, 9.17) is 0 Å². The van der Waals surface area contributed by atoms with Gasteiger partial charge in [-0.3, -0.25) is 4.79 Å². The van der Waals surface area contributed by atoms with Gasteiger partial charge in [0.2, 0.25) is 5.91 Å². The van der Waals surface area contributed by atoms with Gasteiger partial charge in [0.05, 0.1) is 0 Å². The van der Waals surface area contributed by atoms with E-state index in [1.165, 1.54) is 6.08 Å². The first-order valence-electron chi connectivity index (χ1n) is 5.89. The van der Waals surface area contributed by atoms with E-state index in [-0.39, 0.29) is 11.7 Å². The van der Waals surface area contributed by atoms with Crippen molar-refractivity contribution in [1.82, 2.24) is 0 Å². The SMILES string of the molecule is Cc1cc(NC(=O)/C=C/c2cccs2)c(C)cc1O. The van der Waals surface area contributed by atoms with Crippen LogP contribution >= 0.6 is 11.3 Å². The molecule has 0 atom stereocenters. The molecule has 2 N–H and O–H groups in total. The predicted molar refractivity (Wildman–Crippen MR) is 79.6 cm³/mol. The molecule has 0 radical (unpaired) electrons. The number of phenols is 1. The lowest BCUT2D eigenvalue weighted by molar-refractivity contribution is -0.111. The van der Waals surface area contributed by atoms with Crippen molar-refractivity contribution in [3.05, 3.63) is 51.7 Å². The first-order valence-corrected chi connectivity index (χ1v) is 6.77. The topological polar surface area (TPSA) is 49.3 Å². The Morgan fingerprint density at radius 1 is 1.32 bits per heavy atom. The van der Waals surface area contributed by atoms with Gasteiger partial charge in [0, 0.05) is 16.6 Å². The minimum absolute atomic E-state index is 0.179. The third-order valence-corrected chi connectivity index (χ3v) is 3.58. The van der Waals surface area contributed by atoms with Crippen molar-refractivity contribution in [1.29, 1.82) is 0 Å². The number of hydrogen-bond acceptors (Lipinski definition) is 3. The van der Waals surface area contributed by atoms with Gasteiger partial charge < -0.3 is 10.4 Å². The third kappa shape index (κ3) is 3.45. The quantitative estimate of drug-likeness (QED) is 0.661. The Labute approximate surface area is 116 Å². The van der Waals surface area contributed by atoms with E-state index in [2.05, 4.69) is 5.32 Å². The van der Waals surface area contributed by atoms with E-state index in [0.29, 0.717) is 0 Å². The van der Waals surface area contributed by atoms with E-state index in [9.17, 15) is 9.90 Å². The lowest BCUT2D eigenvalue weighted by Crippen LogP contribution is -2.09. The maximum atomic E-state index is 11.8. The number of thiophene rings is 1. The molecule has 1 amide bonds. The number of benzene rings is 1. The number of carbonyl (C=O) groups is 1. The minimum Gasteiger partial charge on any atom is -0.508 e. The molecule has 0 bridgehead atoms. The van der Waals surface area contributed by atoms with Crippen molar-refractivity contribution >= 4 is 29.0 Å². The third-order valence-electron chi connectivity index (χ3n) is 2.74. The number of aromatic hydroxyl groups is 1. The van der Waals surface area contributed by atoms with Crippen LogP contribution in [0, 0.1) is 13.8 Å². The molecule has 2 rings (SSSR count). The molecular formula is C15H15NO2S. The molecule has 1 aromatic heterocycles. The van der Waals surface area contributed by atoms with Crippen LogP contribution in [0.5, 0.6) is 5.75 Å². The molecule has 0 aliphatic heterocycles. The van der Waals surface area contributed by atoms with Gasteiger partial charge in [-0.05, 0) is 54.6 Å². The van der Waals surface area contributed by atoms with Crippen LogP contribution in [-0.4, -0.2) is 11.0 Å². The summed E-state index contributed by atoms with van der Waals surface area (Å²) in [6.45, 7) is 3.64. The highest BCUT2D eigenvalue weighted by Crippen LogP contribution is 2.24. The Bertz CT molecular complexity index is 615. The fourth-order valence-electron chi connectivity index (χ4n) is 1.65. The molecular weight excluding hydrogens is 258 g/mol. The van der Waals surface area contributed by atoms with Crippen molar-refractivity contribution in [2.45, 2.75) is 13.8 Å². The number of carbonyl (C=O) groups excluding carboxylic acids is 1. The van der Waals surface area contributed by atoms with Crippen LogP contribution in [0.15, 0.2) is 35.7 Å². The molecule has 0 spiro atoms. The van der Waals surface area contributed by atoms with Crippen molar-refractivity contribution in [3.8, 4) is 5.75 Å². The summed E-state index contributed by atoms with van der Waals surface area (Å²) in [6.07, 6.45) is 3.29. The van der Waals surface area contributed by atoms with Crippen LogP contribution in [0.2, 0.25) is 0 Å². The van der Waals surface area contributed by atoms with Gasteiger partial charge in [0.15, 0.2) is 0 Å². The molecule has 19 heavy (non-hydrogen) atoms. The monoisotopic (exact) mass is 273 g/mol. The molecule has 0 aliphatic carbocycles. The molecule has 1 aromatic carbocycles. The van der Waals surface area contributed by atoms with Crippen LogP contribution in [0.4, 0.5) is 5.69 Å². The summed E-state index contributed by atoms with van der Waals surface area (Å²) in [5.74, 6) is 0.0613. The van der Waals surface area contributed by atoms with Gasteiger partial charge in [0.25, 0.3) is 0 Å². The molecule has 0 unspecified atom stereocenters. The first-order chi connectivity index (χ1) is 9.06. The zero-order valence-electron chi connectivity index (χ0n) is 10.8. The summed E-state index contributed by atoms with van der Waals surface area (Å²) >= 11 is 1.58. The Hall–Kier alpha value is -2.07. The number of aryl methyl sites for hydroxylation is 2. The Balaban J connectivity index is 2.09. The average molecular weight is 273 g/mol. The van der Waals surface area contributed by atoms with E-state index in [0.717, 1.165) is 21.7 Å². The van der Waals surface area contributed by atoms with Crippen molar-refractivity contribution in [2.24, 2.45) is 0 Å². The number of amides is 1. The van der Waals surface area contributed by atoms with Crippen molar-refractivity contribution in [2.75, 3.05) is 5.32 Å². The molecule has 1 heterocycles. The highest BCUT2D eigenvalue weighted by Gasteiger charge is 2.05. The normalized spacial score (nSPS) is 10.8. The van der Waals surface area contributed by atoms with Crippen LogP contribution in [-0.2, 0) is 4.79 Å². The molecule has 0 saturated heterocycles. The first kappa shape index (κ1) is 13.4. The van der Waals surface area contributed by atoms with Crippen molar-refractivity contribution < 1.29 is 9.90 Å². The van der Waals surface area contributed by atoms with Gasteiger partial charge >= 0.3 is 0 Å². The van der Waals surface area contributed by atoms with E-state index < -0.39 is 0 Å². The second-order valence-corrected chi connectivity index (χ2v) is 5.27. The number of phenolic OH excluding ortho intramolecular Hbond substituents is 1. The van der Waals surface area contributed by atoms with Gasteiger partial charge in [0.1, 0.15) is 5.75 Å². The second kappa shape index (κ2) is 5.71. The van der Waals surface area contributed by atoms with Crippen LogP contribution < -0.4 is 5.32 Å². The summed E-state index contributed by atoms with van der Waals surface area (Å²) in [4.78, 5) is 12.8. The zero-order chi connectivity index (χ0) is 13.8. The average Bonchev–Trinajstić information content (AvgIpc) is 2.86. The van der Waals surface area contributed by atoms with E-state index >= 15 is 0 Å². The lowest BCUT2D eigenvalue weighted by Gasteiger charge is -2.09. The summed E-state index contributed by atoms with van der Waals surface area (Å²) in [6, 6.07) is 7.30.